The maximum Gasteiger partial charge on any atom is 0.0884 e. The van der Waals surface area contributed by atoms with Crippen LogP contribution in [0.25, 0.3) is 0 Å². The van der Waals surface area contributed by atoms with Crippen LogP contribution in [-0.4, -0.2) is 31.7 Å². The summed E-state index contributed by atoms with van der Waals surface area (Å²) >= 11 is 0. The van der Waals surface area contributed by atoms with Crippen LogP contribution < -0.4 is 0 Å². The van der Waals surface area contributed by atoms with E-state index in [1.54, 1.807) is 0 Å². The van der Waals surface area contributed by atoms with E-state index < -0.39 is 0 Å². The van der Waals surface area contributed by atoms with Gasteiger partial charge in [-0.2, -0.15) is 0 Å². The topological polar surface area (TPSA) is 0 Å². The monoisotopic (exact) mass is 368 g/mol. The zero-order valence-corrected chi connectivity index (χ0v) is 19.5. The first kappa shape index (κ1) is 26.0. The summed E-state index contributed by atoms with van der Waals surface area (Å²) in [7, 11) is 7.17. The molecule has 0 bridgehead atoms. The van der Waals surface area contributed by atoms with Gasteiger partial charge in [0.1, 0.15) is 0 Å². The van der Waals surface area contributed by atoms with E-state index >= 15 is 0 Å². The maximum absolute atomic E-state index is 2.39. The molecule has 0 aromatic heterocycles. The van der Waals surface area contributed by atoms with Gasteiger partial charge in [-0.1, -0.05) is 110 Å². The molecule has 0 saturated carbocycles. The van der Waals surface area contributed by atoms with Gasteiger partial charge < -0.3 is 4.48 Å². The van der Waals surface area contributed by atoms with E-state index in [0.717, 1.165) is 10.5 Å². The van der Waals surface area contributed by atoms with Gasteiger partial charge in [-0.25, -0.2) is 0 Å². The first-order valence-corrected chi connectivity index (χ1v) is 12.3. The van der Waals surface area contributed by atoms with Crippen LogP contribution in [0.4, 0.5) is 0 Å². The summed E-state index contributed by atoms with van der Waals surface area (Å²) in [5.41, 5.74) is 0. The highest BCUT2D eigenvalue weighted by molar-refractivity contribution is 4.60. The second-order valence-electron chi connectivity index (χ2n) is 9.65. The molecule has 0 aromatic rings. The van der Waals surface area contributed by atoms with E-state index in [0.29, 0.717) is 0 Å². The molecule has 0 amide bonds. The van der Waals surface area contributed by atoms with Crippen molar-refractivity contribution in [1.82, 2.24) is 0 Å². The second-order valence-corrected chi connectivity index (χ2v) is 9.65. The van der Waals surface area contributed by atoms with Gasteiger partial charge in [-0.05, 0) is 25.7 Å². The smallest absolute Gasteiger partial charge is 0.0884 e. The summed E-state index contributed by atoms with van der Waals surface area (Å²) in [4.78, 5) is 0. The first-order valence-electron chi connectivity index (χ1n) is 12.3. The lowest BCUT2D eigenvalue weighted by Crippen LogP contribution is -2.45. The number of rotatable bonds is 20. The summed E-state index contributed by atoms with van der Waals surface area (Å²) in [6.07, 6.45) is 27.5. The van der Waals surface area contributed by atoms with Crippen molar-refractivity contribution in [3.05, 3.63) is 0 Å². The second kappa shape index (κ2) is 18.3. The van der Waals surface area contributed by atoms with Gasteiger partial charge in [0, 0.05) is 0 Å². The van der Waals surface area contributed by atoms with Crippen molar-refractivity contribution in [2.75, 3.05) is 21.1 Å². The molecule has 0 aliphatic rings. The van der Waals surface area contributed by atoms with Gasteiger partial charge in [0.05, 0.1) is 27.2 Å². The Balaban J connectivity index is 3.42. The van der Waals surface area contributed by atoms with E-state index in [1.165, 1.54) is 122 Å². The number of unbranched alkanes of at least 4 members (excludes halogenated alkanes) is 15. The molecule has 26 heavy (non-hydrogen) atoms. The lowest BCUT2D eigenvalue weighted by molar-refractivity contribution is -0.896. The van der Waals surface area contributed by atoms with Crippen molar-refractivity contribution in [2.45, 2.75) is 142 Å². The van der Waals surface area contributed by atoms with E-state index in [2.05, 4.69) is 35.0 Å². The number of hydrogen-bond donors (Lipinski definition) is 0. The Labute approximate surface area is 167 Å². The zero-order valence-electron chi connectivity index (χ0n) is 19.5. The predicted molar refractivity (Wildman–Crippen MR) is 121 cm³/mol. The van der Waals surface area contributed by atoms with Crippen molar-refractivity contribution < 1.29 is 4.48 Å². The van der Waals surface area contributed by atoms with E-state index in [4.69, 9.17) is 0 Å². The molecular weight excluding hydrogens is 314 g/mol. The average Bonchev–Trinajstić information content (AvgIpc) is 2.59. The summed E-state index contributed by atoms with van der Waals surface area (Å²) in [6, 6.07) is 0.874. The summed E-state index contributed by atoms with van der Waals surface area (Å²) in [5.74, 6) is 0. The normalized spacial score (nSPS) is 13.3. The molecule has 0 spiro atoms. The van der Waals surface area contributed by atoms with Gasteiger partial charge in [-0.15, -0.1) is 0 Å². The Morgan fingerprint density at radius 2 is 0.692 bits per heavy atom. The average molecular weight is 369 g/mol. The van der Waals surface area contributed by atoms with Gasteiger partial charge >= 0.3 is 0 Å². The van der Waals surface area contributed by atoms with E-state index in [9.17, 15) is 0 Å². The Morgan fingerprint density at radius 1 is 0.423 bits per heavy atom. The maximum atomic E-state index is 2.39. The third kappa shape index (κ3) is 17.4. The highest BCUT2D eigenvalue weighted by Crippen LogP contribution is 2.20. The van der Waals surface area contributed by atoms with Crippen LogP contribution in [-0.2, 0) is 0 Å². The predicted octanol–water partition coefficient (Wildman–Crippen LogP) is 8.51. The minimum absolute atomic E-state index is 0.874. The van der Waals surface area contributed by atoms with E-state index in [-0.39, 0.29) is 0 Å². The minimum atomic E-state index is 0.874. The van der Waals surface area contributed by atoms with Crippen molar-refractivity contribution in [1.29, 1.82) is 0 Å². The lowest BCUT2D eigenvalue weighted by atomic mass is 9.98. The highest BCUT2D eigenvalue weighted by Gasteiger charge is 2.22. The summed E-state index contributed by atoms with van der Waals surface area (Å²) < 4.78 is 1.15. The van der Waals surface area contributed by atoms with Crippen molar-refractivity contribution >= 4 is 0 Å². The highest BCUT2D eigenvalue weighted by atomic mass is 15.3. The molecule has 0 rings (SSSR count). The minimum Gasteiger partial charge on any atom is -0.328 e. The van der Waals surface area contributed by atoms with Crippen LogP contribution in [0.3, 0.4) is 0 Å². The molecule has 0 aliphatic heterocycles. The molecule has 0 aliphatic carbocycles. The van der Waals surface area contributed by atoms with Gasteiger partial charge in [0.15, 0.2) is 0 Å². The molecule has 0 N–H and O–H groups in total. The lowest BCUT2D eigenvalue weighted by Gasteiger charge is -2.34. The largest absolute Gasteiger partial charge is 0.328 e. The van der Waals surface area contributed by atoms with Gasteiger partial charge in [0.2, 0.25) is 0 Å². The van der Waals surface area contributed by atoms with Crippen LogP contribution in [0.5, 0.6) is 0 Å². The zero-order chi connectivity index (χ0) is 19.5. The molecule has 158 valence electrons. The fourth-order valence-corrected chi connectivity index (χ4v) is 4.12. The molecule has 0 fully saturated rings. The Hall–Kier alpha value is -0.0400. The molecule has 1 heteroatoms. The van der Waals surface area contributed by atoms with Crippen molar-refractivity contribution in [3.63, 3.8) is 0 Å². The summed E-state index contributed by atoms with van der Waals surface area (Å²) in [5, 5.41) is 0. The van der Waals surface area contributed by atoms with Crippen LogP contribution in [0.15, 0.2) is 0 Å². The molecule has 0 aromatic carbocycles. The summed E-state index contributed by atoms with van der Waals surface area (Å²) in [6.45, 7) is 4.62. The van der Waals surface area contributed by atoms with Crippen molar-refractivity contribution in [2.24, 2.45) is 0 Å². The van der Waals surface area contributed by atoms with Crippen LogP contribution in [0.1, 0.15) is 136 Å². The molecule has 0 radical (unpaired) electrons. The molecule has 1 nitrogen and oxygen atoms in total. The third-order valence-electron chi connectivity index (χ3n) is 6.13. The Morgan fingerprint density at radius 3 is 1.04 bits per heavy atom. The number of nitrogens with zero attached hydrogens (tertiary/aromatic N) is 1. The molecule has 1 unspecified atom stereocenters. The molecular formula is C25H54N+. The number of quaternary nitrogens is 1. The molecule has 1 atom stereocenters. The van der Waals surface area contributed by atoms with Crippen molar-refractivity contribution in [3.8, 4) is 0 Å². The standard InChI is InChI=1S/C25H54N/c1-6-8-10-11-12-13-14-15-16-17-18-19-20-22-24-25(26(3,4)5)23-21-9-7-2/h25H,6-24H2,1-5H3/q+1. The Bertz CT molecular complexity index is 266. The SMILES string of the molecule is CCCCCCCCCCCCCCCCC(CCCCC)[N+](C)(C)C. The van der Waals surface area contributed by atoms with Gasteiger partial charge in [-0.3, -0.25) is 0 Å². The molecule has 0 saturated heterocycles. The third-order valence-corrected chi connectivity index (χ3v) is 6.13. The van der Waals surface area contributed by atoms with Gasteiger partial charge in [0.25, 0.3) is 0 Å². The quantitative estimate of drug-likeness (QED) is 0.149. The van der Waals surface area contributed by atoms with Crippen LogP contribution in [0.2, 0.25) is 0 Å². The van der Waals surface area contributed by atoms with Crippen LogP contribution in [0, 0.1) is 0 Å². The van der Waals surface area contributed by atoms with E-state index in [1.807, 2.05) is 0 Å². The fourth-order valence-electron chi connectivity index (χ4n) is 4.12. The van der Waals surface area contributed by atoms with Crippen LogP contribution >= 0.6 is 0 Å². The molecule has 0 heterocycles. The Kier molecular flexibility index (Phi) is 18.3. The first-order chi connectivity index (χ1) is 12.5. The fraction of sp³-hybridized carbons (Fsp3) is 1.00. The number of hydrogen-bond acceptors (Lipinski definition) is 0.